The molecule has 0 fully saturated rings. The molecule has 0 amide bonds. The first-order chi connectivity index (χ1) is 4.84. The molecular weight excluding hydrogens is 128 g/mol. The second-order valence-electron chi connectivity index (χ2n) is 1.76. The van der Waals surface area contributed by atoms with Gasteiger partial charge in [0.1, 0.15) is 0 Å². The Kier molecular flexibility index (Phi) is 2.13. The maximum Gasteiger partial charge on any atom is 0.0430 e. The zero-order valence-electron chi connectivity index (χ0n) is 6.37. The van der Waals surface area contributed by atoms with Crippen LogP contribution in [0.2, 0.25) is 0 Å². The molecule has 0 radical (unpaired) electrons. The van der Waals surface area contributed by atoms with Gasteiger partial charge < -0.3 is 0 Å². The molecule has 0 aliphatic carbocycles. The van der Waals surface area contributed by atoms with Gasteiger partial charge in [-0.2, -0.15) is 11.8 Å². The van der Waals surface area contributed by atoms with Crippen molar-refractivity contribution in [3.63, 3.8) is 0 Å². The molecule has 1 aromatic rings. The van der Waals surface area contributed by atoms with Crippen LogP contribution in [0.1, 0.15) is 6.93 Å². The van der Waals surface area contributed by atoms with Gasteiger partial charge in [0.25, 0.3) is 0 Å². The maximum atomic E-state index is 7.52. The zero-order chi connectivity index (χ0) is 7.40. The van der Waals surface area contributed by atoms with Crippen LogP contribution in [0.5, 0.6) is 0 Å². The third-order valence-corrected chi connectivity index (χ3v) is 1.56. The molecule has 9 heavy (non-hydrogen) atoms. The number of hydrogen-bond donors (Lipinski definition) is 0. The van der Waals surface area contributed by atoms with Gasteiger partial charge in [-0.1, -0.05) is 30.3 Å². The van der Waals surface area contributed by atoms with Crippen LogP contribution >= 0.6 is 11.8 Å². The van der Waals surface area contributed by atoms with Gasteiger partial charge >= 0.3 is 0 Å². The molecule has 0 saturated heterocycles. The fourth-order valence-electron chi connectivity index (χ4n) is 0.668. The summed E-state index contributed by atoms with van der Waals surface area (Å²) >= 11 is 1.54. The van der Waals surface area contributed by atoms with Crippen molar-refractivity contribution in [3.8, 4) is 0 Å². The first kappa shape index (κ1) is 5.36. The second-order valence-corrected chi connectivity index (χ2v) is 2.47. The molecular formula is C8H10S. The summed E-state index contributed by atoms with van der Waals surface area (Å²) in [5.74, 6) is 0. The van der Waals surface area contributed by atoms with E-state index in [0.717, 1.165) is 5.56 Å². The Morgan fingerprint density at radius 2 is 2.11 bits per heavy atom. The molecule has 0 aromatic heterocycles. The van der Waals surface area contributed by atoms with Crippen molar-refractivity contribution in [2.24, 2.45) is 0 Å². The van der Waals surface area contributed by atoms with Crippen molar-refractivity contribution < 1.29 is 1.37 Å². The SMILES string of the molecule is [2H]C(SC)c1ccccc1. The standard InChI is InChI=1S/C8H10S/c1-9-7-8-5-3-2-4-6-8/h2-6H,7H2,1H3/i7D. The minimum absolute atomic E-state index is 0.124. The summed E-state index contributed by atoms with van der Waals surface area (Å²) in [6, 6.07) is 9.86. The average molecular weight is 139 g/mol. The molecule has 0 saturated carbocycles. The van der Waals surface area contributed by atoms with E-state index in [4.69, 9.17) is 1.37 Å². The summed E-state index contributed by atoms with van der Waals surface area (Å²) in [4.78, 5) is 0. The van der Waals surface area contributed by atoms with E-state index in [1.54, 1.807) is 11.8 Å². The number of rotatable bonds is 2. The second kappa shape index (κ2) is 3.57. The molecule has 0 heterocycles. The monoisotopic (exact) mass is 139 g/mol. The molecule has 0 spiro atoms. The number of hydrogen-bond acceptors (Lipinski definition) is 1. The van der Waals surface area contributed by atoms with Gasteiger partial charge in [0, 0.05) is 7.10 Å². The molecule has 1 heteroatoms. The topological polar surface area (TPSA) is 0 Å². The normalized spacial score (nSPS) is 14.6. The van der Waals surface area contributed by atoms with Gasteiger partial charge in [0.05, 0.1) is 0 Å². The molecule has 0 N–H and O–H groups in total. The first-order valence-electron chi connectivity index (χ1n) is 3.42. The predicted molar refractivity (Wildman–Crippen MR) is 43.7 cm³/mol. The van der Waals surface area contributed by atoms with E-state index in [0.29, 0.717) is 0 Å². The molecule has 1 unspecified atom stereocenters. The largest absolute Gasteiger partial charge is 0.161 e. The fraction of sp³-hybridized carbons (Fsp3) is 0.250. The van der Waals surface area contributed by atoms with E-state index >= 15 is 0 Å². The van der Waals surface area contributed by atoms with E-state index in [2.05, 4.69) is 0 Å². The Morgan fingerprint density at radius 3 is 2.67 bits per heavy atom. The molecule has 0 aliphatic heterocycles. The van der Waals surface area contributed by atoms with Gasteiger partial charge in [-0.3, -0.25) is 0 Å². The zero-order valence-corrected chi connectivity index (χ0v) is 6.19. The number of thioether (sulfide) groups is 1. The van der Waals surface area contributed by atoms with Crippen molar-refractivity contribution >= 4 is 11.8 Å². The maximum absolute atomic E-state index is 7.52. The highest BCUT2D eigenvalue weighted by Crippen LogP contribution is 2.06. The third kappa shape index (κ3) is 2.10. The average Bonchev–Trinajstić information content (AvgIpc) is 2.05. The Morgan fingerprint density at radius 1 is 1.44 bits per heavy atom. The summed E-state index contributed by atoms with van der Waals surface area (Å²) in [5, 5.41) is 0. The summed E-state index contributed by atoms with van der Waals surface area (Å²) in [6.45, 7) is 0. The summed E-state index contributed by atoms with van der Waals surface area (Å²) in [6.07, 6.45) is 1.95. The fourth-order valence-corrected chi connectivity index (χ4v) is 1.10. The highest BCUT2D eigenvalue weighted by atomic mass is 32.2. The summed E-state index contributed by atoms with van der Waals surface area (Å²) < 4.78 is 7.52. The first-order valence-corrected chi connectivity index (χ1v) is 4.13. The molecule has 0 nitrogen and oxygen atoms in total. The highest BCUT2D eigenvalue weighted by Gasteiger charge is 1.84. The van der Waals surface area contributed by atoms with Crippen LogP contribution < -0.4 is 0 Å². The van der Waals surface area contributed by atoms with Gasteiger partial charge in [-0.15, -0.1) is 0 Å². The third-order valence-electron chi connectivity index (χ3n) is 1.05. The van der Waals surface area contributed by atoms with Crippen molar-refractivity contribution in [2.75, 3.05) is 6.26 Å². The van der Waals surface area contributed by atoms with Gasteiger partial charge in [0.2, 0.25) is 0 Å². The van der Waals surface area contributed by atoms with Gasteiger partial charge in [0.15, 0.2) is 0 Å². The Labute approximate surface area is 61.7 Å². The van der Waals surface area contributed by atoms with Crippen LogP contribution in [0.3, 0.4) is 0 Å². The lowest BCUT2D eigenvalue weighted by Gasteiger charge is -1.93. The Balaban J connectivity index is 2.75. The van der Waals surface area contributed by atoms with E-state index in [1.807, 2.05) is 36.6 Å². The lowest BCUT2D eigenvalue weighted by Crippen LogP contribution is -1.74. The van der Waals surface area contributed by atoms with Crippen LogP contribution in [0.15, 0.2) is 30.3 Å². The summed E-state index contributed by atoms with van der Waals surface area (Å²) in [7, 11) is 0. The molecule has 0 aliphatic rings. The minimum atomic E-state index is -0.124. The highest BCUT2D eigenvalue weighted by molar-refractivity contribution is 7.97. The quantitative estimate of drug-likeness (QED) is 0.606. The van der Waals surface area contributed by atoms with E-state index in [-0.39, 0.29) is 5.73 Å². The lowest BCUT2D eigenvalue weighted by atomic mass is 10.2. The van der Waals surface area contributed by atoms with Crippen LogP contribution in [-0.4, -0.2) is 6.26 Å². The van der Waals surface area contributed by atoms with Crippen molar-refractivity contribution in [1.29, 1.82) is 0 Å². The van der Waals surface area contributed by atoms with Crippen LogP contribution in [0.25, 0.3) is 0 Å². The molecule has 1 rings (SSSR count). The van der Waals surface area contributed by atoms with E-state index in [9.17, 15) is 0 Å². The molecule has 48 valence electrons. The van der Waals surface area contributed by atoms with Crippen LogP contribution in [-0.2, 0) is 5.73 Å². The molecule has 1 atom stereocenters. The lowest BCUT2D eigenvalue weighted by molar-refractivity contribution is 1.42. The number of benzene rings is 1. The van der Waals surface area contributed by atoms with Crippen molar-refractivity contribution in [3.05, 3.63) is 35.9 Å². The Hall–Kier alpha value is -0.430. The van der Waals surface area contributed by atoms with Crippen molar-refractivity contribution in [1.82, 2.24) is 0 Å². The minimum Gasteiger partial charge on any atom is -0.161 e. The Bertz CT molecular complexity index is 186. The molecule has 1 aromatic carbocycles. The van der Waals surface area contributed by atoms with Crippen molar-refractivity contribution in [2.45, 2.75) is 5.73 Å². The van der Waals surface area contributed by atoms with Crippen LogP contribution in [0, 0.1) is 0 Å². The van der Waals surface area contributed by atoms with E-state index in [1.165, 1.54) is 0 Å². The van der Waals surface area contributed by atoms with Gasteiger partial charge in [-0.25, -0.2) is 0 Å². The van der Waals surface area contributed by atoms with Gasteiger partial charge in [-0.05, 0) is 11.8 Å². The van der Waals surface area contributed by atoms with Crippen LogP contribution in [0.4, 0.5) is 0 Å². The predicted octanol–water partition coefficient (Wildman–Crippen LogP) is 2.55. The molecule has 0 bridgehead atoms. The smallest absolute Gasteiger partial charge is 0.0430 e. The van der Waals surface area contributed by atoms with E-state index < -0.39 is 0 Å². The summed E-state index contributed by atoms with van der Waals surface area (Å²) in [5.41, 5.74) is 0.955.